The molecule has 6 rings (SSSR count). The topological polar surface area (TPSA) is 91.5 Å². The zero-order chi connectivity index (χ0) is 25.7. The molecule has 0 saturated carbocycles. The summed E-state index contributed by atoms with van der Waals surface area (Å²) in [6.45, 7) is 0. The molecule has 0 fully saturated rings. The predicted molar refractivity (Wildman–Crippen MR) is 140 cm³/mol. The van der Waals surface area contributed by atoms with E-state index in [4.69, 9.17) is 0 Å². The van der Waals surface area contributed by atoms with Crippen LogP contribution in [0.4, 0.5) is 11.4 Å². The van der Waals surface area contributed by atoms with Crippen molar-refractivity contribution < 1.29 is 23.7 Å². The number of ketones is 2. The number of fused-ring (bicyclic) bond motifs is 2. The number of benzene rings is 2. The Hall–Kier alpha value is -5.24. The van der Waals surface area contributed by atoms with Gasteiger partial charge in [-0.25, -0.2) is 0 Å². The maximum Gasteiger partial charge on any atom is 0.327 e. The number of hydrogen-bond donors (Lipinski definition) is 0. The molecule has 186 valence electrons. The highest BCUT2D eigenvalue weighted by Gasteiger charge is 2.48. The molecule has 0 radical (unpaired) electrons. The number of anilines is 2. The first-order valence-electron chi connectivity index (χ1n) is 11.6. The van der Waals surface area contributed by atoms with E-state index in [1.54, 1.807) is 96.7 Å². The van der Waals surface area contributed by atoms with Gasteiger partial charge in [0.15, 0.2) is 6.20 Å². The fourth-order valence-electron chi connectivity index (χ4n) is 4.73. The summed E-state index contributed by atoms with van der Waals surface area (Å²) < 4.78 is 1.64. The lowest BCUT2D eigenvalue weighted by Crippen LogP contribution is -2.43. The minimum Gasteiger partial charge on any atom is -0.358 e. The summed E-state index contributed by atoms with van der Waals surface area (Å²) in [5.41, 5.74) is 1.26. The Morgan fingerprint density at radius 2 is 1.21 bits per heavy atom. The van der Waals surface area contributed by atoms with Crippen molar-refractivity contribution in [3.63, 3.8) is 0 Å². The standard InChI is InChI=1S/C29H19N4O4.CH3/c1-31-17-9-7-15-23(31)29(37)33-22-14-5-3-11-19(22)27(35)25(33)24-26(34)18-10-2-4-13-21(18)32(24)28(36)20-12-6-8-16-30-20;/h2-17H,1H3;1H3/q+1;-1/b25-24+;. The Balaban J connectivity index is 0.00000294. The normalized spacial score (nSPS) is 15.7. The zero-order valence-corrected chi connectivity index (χ0v) is 20.7. The second-order valence-corrected chi connectivity index (χ2v) is 8.58. The van der Waals surface area contributed by atoms with E-state index in [1.165, 1.54) is 22.1 Å². The van der Waals surface area contributed by atoms with Gasteiger partial charge in [-0.05, 0) is 42.5 Å². The third kappa shape index (κ3) is 3.54. The number of Topliss-reactive ketones (excluding diaryl/α,β-unsaturated/α-hetero) is 2. The molecule has 0 saturated heterocycles. The fourth-order valence-corrected chi connectivity index (χ4v) is 4.73. The number of aromatic nitrogens is 2. The molecular formula is C30H22N4O4. The van der Waals surface area contributed by atoms with Gasteiger partial charge in [-0.2, -0.15) is 4.57 Å². The van der Waals surface area contributed by atoms with Crippen LogP contribution in [0.1, 0.15) is 41.7 Å². The van der Waals surface area contributed by atoms with Gasteiger partial charge in [0.2, 0.25) is 11.6 Å². The maximum atomic E-state index is 14.0. The van der Waals surface area contributed by atoms with Crippen LogP contribution in [0.3, 0.4) is 0 Å². The predicted octanol–water partition coefficient (Wildman–Crippen LogP) is 3.95. The van der Waals surface area contributed by atoms with E-state index in [0.29, 0.717) is 17.1 Å². The maximum absolute atomic E-state index is 14.0. The number of rotatable bonds is 2. The van der Waals surface area contributed by atoms with E-state index in [0.717, 1.165) is 0 Å². The molecule has 4 heterocycles. The van der Waals surface area contributed by atoms with Crippen molar-refractivity contribution in [2.75, 3.05) is 9.80 Å². The highest BCUT2D eigenvalue weighted by Crippen LogP contribution is 2.43. The average Bonchev–Trinajstić information content (AvgIpc) is 3.39. The SMILES string of the molecule is C[n+]1ccccc1C(=O)N1/C(=C2\C(=O)c3ccccc3N2C(=O)c2ccccn2)C(=O)c2ccccc21.[CH3-]. The number of para-hydroxylation sites is 2. The summed E-state index contributed by atoms with van der Waals surface area (Å²) in [5.74, 6) is -2.12. The monoisotopic (exact) mass is 502 g/mol. The van der Waals surface area contributed by atoms with Crippen molar-refractivity contribution in [1.29, 1.82) is 0 Å². The number of pyridine rings is 2. The van der Waals surface area contributed by atoms with E-state index >= 15 is 0 Å². The molecule has 8 heteroatoms. The van der Waals surface area contributed by atoms with Gasteiger partial charge < -0.3 is 7.43 Å². The number of carbonyl (C=O) groups excluding carboxylic acids is 4. The number of hydrogen-bond acceptors (Lipinski definition) is 5. The number of amides is 2. The van der Waals surface area contributed by atoms with Crippen molar-refractivity contribution >= 4 is 34.8 Å². The fraction of sp³-hybridized carbons (Fsp3) is 0.0333. The lowest BCUT2D eigenvalue weighted by Gasteiger charge is -2.23. The number of nitrogens with zero attached hydrogens (tertiary/aromatic N) is 4. The molecule has 0 atom stereocenters. The van der Waals surface area contributed by atoms with Gasteiger partial charge in [-0.1, -0.05) is 30.3 Å². The molecule has 2 aliphatic rings. The molecule has 2 aromatic heterocycles. The average molecular weight is 503 g/mol. The summed E-state index contributed by atoms with van der Waals surface area (Å²) in [6.07, 6.45) is 3.20. The second kappa shape index (κ2) is 9.33. The van der Waals surface area contributed by atoms with E-state index < -0.39 is 23.4 Å². The van der Waals surface area contributed by atoms with Crippen LogP contribution < -0.4 is 14.4 Å². The zero-order valence-electron chi connectivity index (χ0n) is 20.7. The molecule has 0 bridgehead atoms. The molecule has 0 N–H and O–H groups in total. The van der Waals surface area contributed by atoms with Crippen LogP contribution in [0.25, 0.3) is 0 Å². The summed E-state index contributed by atoms with van der Waals surface area (Å²) in [7, 11) is 1.72. The number of carbonyl (C=O) groups is 4. The number of aryl methyl sites for hydroxylation is 1. The molecule has 0 aliphatic carbocycles. The Kier molecular flexibility index (Phi) is 6.00. The molecule has 2 aliphatic heterocycles. The highest BCUT2D eigenvalue weighted by molar-refractivity contribution is 6.35. The van der Waals surface area contributed by atoms with E-state index in [-0.39, 0.29) is 35.6 Å². The Bertz CT molecular complexity index is 1680. The van der Waals surface area contributed by atoms with Gasteiger partial charge in [-0.3, -0.25) is 34.0 Å². The first-order valence-corrected chi connectivity index (χ1v) is 11.6. The molecular weight excluding hydrogens is 480 g/mol. The van der Waals surface area contributed by atoms with Crippen molar-refractivity contribution in [3.8, 4) is 0 Å². The van der Waals surface area contributed by atoms with Gasteiger partial charge in [0.1, 0.15) is 24.1 Å². The van der Waals surface area contributed by atoms with Crippen LogP contribution in [0.15, 0.2) is 109 Å². The molecule has 4 aromatic rings. The first-order chi connectivity index (χ1) is 18.0. The van der Waals surface area contributed by atoms with E-state index in [1.807, 2.05) is 0 Å². The Labute approximate surface area is 219 Å². The van der Waals surface area contributed by atoms with Gasteiger partial charge in [-0.15, -0.1) is 0 Å². The van der Waals surface area contributed by atoms with Crippen LogP contribution in [0, 0.1) is 7.43 Å². The summed E-state index contributed by atoms with van der Waals surface area (Å²) in [5, 5.41) is 0. The molecule has 2 aromatic carbocycles. The molecule has 0 spiro atoms. The third-order valence-corrected chi connectivity index (χ3v) is 6.45. The Morgan fingerprint density at radius 1 is 0.684 bits per heavy atom. The van der Waals surface area contributed by atoms with Crippen LogP contribution in [0.5, 0.6) is 0 Å². The van der Waals surface area contributed by atoms with Crippen LogP contribution in [0.2, 0.25) is 0 Å². The van der Waals surface area contributed by atoms with Crippen LogP contribution in [-0.4, -0.2) is 28.4 Å². The van der Waals surface area contributed by atoms with E-state index in [9.17, 15) is 19.2 Å². The molecule has 2 amide bonds. The lowest BCUT2D eigenvalue weighted by atomic mass is 10.1. The van der Waals surface area contributed by atoms with E-state index in [2.05, 4.69) is 4.98 Å². The minimum atomic E-state index is -0.581. The summed E-state index contributed by atoms with van der Waals surface area (Å²) in [4.78, 5) is 62.0. The van der Waals surface area contributed by atoms with Crippen LogP contribution in [-0.2, 0) is 7.05 Å². The largest absolute Gasteiger partial charge is 0.358 e. The highest BCUT2D eigenvalue weighted by atomic mass is 16.2. The summed E-state index contributed by atoms with van der Waals surface area (Å²) >= 11 is 0. The molecule has 38 heavy (non-hydrogen) atoms. The van der Waals surface area contributed by atoms with Crippen LogP contribution >= 0.6 is 0 Å². The first kappa shape index (κ1) is 24.5. The number of allylic oxidation sites excluding steroid dienone is 2. The lowest BCUT2D eigenvalue weighted by molar-refractivity contribution is -0.673. The van der Waals surface area contributed by atoms with Crippen molar-refractivity contribution in [3.05, 3.63) is 139 Å². The third-order valence-electron chi connectivity index (χ3n) is 6.45. The van der Waals surface area contributed by atoms with Gasteiger partial charge in [0.05, 0.1) is 11.4 Å². The minimum absolute atomic E-state index is 0. The van der Waals surface area contributed by atoms with Gasteiger partial charge in [0, 0.05) is 29.5 Å². The quantitative estimate of drug-likeness (QED) is 0.235. The Morgan fingerprint density at radius 3 is 1.76 bits per heavy atom. The molecule has 8 nitrogen and oxygen atoms in total. The van der Waals surface area contributed by atoms with Gasteiger partial charge >= 0.3 is 5.91 Å². The van der Waals surface area contributed by atoms with Crippen molar-refractivity contribution in [2.24, 2.45) is 7.05 Å². The summed E-state index contributed by atoms with van der Waals surface area (Å²) in [6, 6.07) is 23.3. The molecule has 0 unspecified atom stereocenters. The van der Waals surface area contributed by atoms with Gasteiger partial charge in [0.25, 0.3) is 11.6 Å². The van der Waals surface area contributed by atoms with Crippen molar-refractivity contribution in [1.82, 2.24) is 4.98 Å². The second-order valence-electron chi connectivity index (χ2n) is 8.58. The smallest absolute Gasteiger partial charge is 0.327 e. The van der Waals surface area contributed by atoms with Crippen molar-refractivity contribution in [2.45, 2.75) is 0 Å².